The molecule has 1 aromatic carbocycles. The number of nitrogens with zero attached hydrogens (tertiary/aromatic N) is 1. The normalized spacial score (nSPS) is 27.2. The second-order valence-electron chi connectivity index (χ2n) is 7.74. The highest BCUT2D eigenvalue weighted by Crippen LogP contribution is 2.34. The van der Waals surface area contributed by atoms with Crippen LogP contribution in [0, 0.1) is 0 Å². The van der Waals surface area contributed by atoms with Crippen LogP contribution in [0.25, 0.3) is 11.3 Å². The number of para-hydroxylation sites is 1. The number of benzene rings is 1. The first kappa shape index (κ1) is 15.9. The molecule has 0 radical (unpaired) electrons. The number of amides is 1. The highest BCUT2D eigenvalue weighted by molar-refractivity contribution is 5.92. The largest absolute Gasteiger partial charge is 0.451 e. The summed E-state index contributed by atoms with van der Waals surface area (Å²) < 4.78 is 5.96. The Morgan fingerprint density at radius 1 is 1.12 bits per heavy atom. The fourth-order valence-corrected chi connectivity index (χ4v) is 4.74. The summed E-state index contributed by atoms with van der Waals surface area (Å²) in [7, 11) is 0. The van der Waals surface area contributed by atoms with Crippen molar-refractivity contribution in [2.24, 2.45) is 0 Å². The third kappa shape index (κ3) is 2.80. The minimum atomic E-state index is -0.103. The van der Waals surface area contributed by atoms with Crippen LogP contribution in [-0.2, 0) is 0 Å². The first-order chi connectivity index (χ1) is 12.8. The van der Waals surface area contributed by atoms with Crippen molar-refractivity contribution in [3.63, 3.8) is 0 Å². The zero-order valence-electron chi connectivity index (χ0n) is 14.9. The fraction of sp³-hybridized carbons (Fsp3) is 0.476. The molecule has 3 fully saturated rings. The summed E-state index contributed by atoms with van der Waals surface area (Å²) >= 11 is 0. The van der Waals surface area contributed by atoms with E-state index in [0.29, 0.717) is 17.8 Å². The average Bonchev–Trinajstić information content (AvgIpc) is 3.46. The molecule has 26 heavy (non-hydrogen) atoms. The van der Waals surface area contributed by atoms with Crippen molar-refractivity contribution in [1.82, 2.24) is 10.6 Å². The van der Waals surface area contributed by atoms with Crippen LogP contribution in [0.2, 0.25) is 0 Å². The van der Waals surface area contributed by atoms with Crippen molar-refractivity contribution in [2.75, 3.05) is 18.0 Å². The molecule has 5 rings (SSSR count). The van der Waals surface area contributed by atoms with E-state index in [1.165, 1.54) is 24.9 Å². The summed E-state index contributed by atoms with van der Waals surface area (Å²) in [5.74, 6) is 1.07. The van der Waals surface area contributed by atoms with Crippen LogP contribution in [0.1, 0.15) is 42.7 Å². The molecule has 3 aliphatic rings. The van der Waals surface area contributed by atoms with Gasteiger partial charge in [0.15, 0.2) is 5.76 Å². The van der Waals surface area contributed by atoms with Crippen LogP contribution < -0.4 is 15.5 Å². The summed E-state index contributed by atoms with van der Waals surface area (Å²) in [6, 6.07) is 13.3. The van der Waals surface area contributed by atoms with E-state index in [9.17, 15) is 4.79 Å². The van der Waals surface area contributed by atoms with Gasteiger partial charge >= 0.3 is 0 Å². The number of hydrogen-bond donors (Lipinski definition) is 2. The zero-order valence-corrected chi connectivity index (χ0v) is 14.9. The van der Waals surface area contributed by atoms with E-state index in [0.717, 1.165) is 37.3 Å². The molecule has 0 aliphatic carbocycles. The highest BCUT2D eigenvalue weighted by atomic mass is 16.4. The Labute approximate surface area is 153 Å². The van der Waals surface area contributed by atoms with E-state index < -0.39 is 0 Å². The summed E-state index contributed by atoms with van der Waals surface area (Å²) in [6.07, 6.45) is 5.88. The van der Waals surface area contributed by atoms with Crippen LogP contribution in [0.15, 0.2) is 40.8 Å². The van der Waals surface area contributed by atoms with Crippen LogP contribution in [-0.4, -0.2) is 37.1 Å². The number of furan rings is 1. The lowest BCUT2D eigenvalue weighted by Gasteiger charge is -2.21. The number of hydrogen-bond acceptors (Lipinski definition) is 4. The Morgan fingerprint density at radius 3 is 2.73 bits per heavy atom. The number of carbonyl (C=O) groups excluding carboxylic acids is 1. The molecule has 2 N–H and O–H groups in total. The Kier molecular flexibility index (Phi) is 3.97. The lowest BCUT2D eigenvalue weighted by atomic mass is 9.95. The number of rotatable bonds is 4. The van der Waals surface area contributed by atoms with Crippen molar-refractivity contribution in [1.29, 1.82) is 0 Å². The number of fused-ring (bicyclic) bond motifs is 2. The molecule has 3 atom stereocenters. The van der Waals surface area contributed by atoms with Crippen LogP contribution in [0.4, 0.5) is 5.69 Å². The van der Waals surface area contributed by atoms with E-state index in [1.54, 1.807) is 6.07 Å². The maximum atomic E-state index is 12.6. The van der Waals surface area contributed by atoms with E-state index in [1.807, 2.05) is 12.1 Å². The molecule has 2 aromatic rings. The first-order valence-corrected chi connectivity index (χ1v) is 9.79. The second-order valence-corrected chi connectivity index (χ2v) is 7.74. The van der Waals surface area contributed by atoms with Gasteiger partial charge in [-0.15, -0.1) is 0 Å². The maximum Gasteiger partial charge on any atom is 0.287 e. The zero-order chi connectivity index (χ0) is 17.5. The Hall–Kier alpha value is -2.27. The first-order valence-electron chi connectivity index (χ1n) is 9.79. The van der Waals surface area contributed by atoms with Gasteiger partial charge in [-0.2, -0.15) is 0 Å². The molecule has 0 saturated carbocycles. The summed E-state index contributed by atoms with van der Waals surface area (Å²) in [5.41, 5.74) is 2.26. The van der Waals surface area contributed by atoms with E-state index >= 15 is 0 Å². The van der Waals surface area contributed by atoms with Gasteiger partial charge < -0.3 is 20.0 Å². The molecule has 4 heterocycles. The van der Waals surface area contributed by atoms with Crippen LogP contribution >= 0.6 is 0 Å². The van der Waals surface area contributed by atoms with Gasteiger partial charge in [0.1, 0.15) is 5.76 Å². The van der Waals surface area contributed by atoms with Crippen LogP contribution in [0.5, 0.6) is 0 Å². The maximum absolute atomic E-state index is 12.6. The fourth-order valence-electron chi connectivity index (χ4n) is 4.74. The van der Waals surface area contributed by atoms with Crippen molar-refractivity contribution < 1.29 is 9.21 Å². The molecular weight excluding hydrogens is 326 g/mol. The van der Waals surface area contributed by atoms with Gasteiger partial charge in [-0.25, -0.2) is 0 Å². The molecule has 0 unspecified atom stereocenters. The van der Waals surface area contributed by atoms with Gasteiger partial charge in [0.05, 0.1) is 0 Å². The van der Waals surface area contributed by atoms with Crippen molar-refractivity contribution >= 4 is 11.6 Å². The Morgan fingerprint density at radius 2 is 1.96 bits per heavy atom. The molecule has 3 aliphatic heterocycles. The Balaban J connectivity index is 1.35. The van der Waals surface area contributed by atoms with Crippen molar-refractivity contribution in [3.8, 4) is 11.3 Å². The number of carbonyl (C=O) groups is 1. The Bertz CT molecular complexity index is 809. The summed E-state index contributed by atoms with van der Waals surface area (Å²) in [5, 5.41) is 6.71. The lowest BCUT2D eigenvalue weighted by Crippen LogP contribution is -2.42. The van der Waals surface area contributed by atoms with Gasteiger partial charge in [0.25, 0.3) is 5.91 Å². The number of anilines is 1. The topological polar surface area (TPSA) is 57.5 Å². The second kappa shape index (κ2) is 6.47. The van der Waals surface area contributed by atoms with Gasteiger partial charge in [-0.1, -0.05) is 12.1 Å². The highest BCUT2D eigenvalue weighted by Gasteiger charge is 2.40. The van der Waals surface area contributed by atoms with Gasteiger partial charge in [0.2, 0.25) is 0 Å². The summed E-state index contributed by atoms with van der Waals surface area (Å²) in [6.45, 7) is 2.17. The molecule has 136 valence electrons. The predicted octanol–water partition coefficient (Wildman–Crippen LogP) is 3.17. The minimum Gasteiger partial charge on any atom is -0.451 e. The predicted molar refractivity (Wildman–Crippen MR) is 101 cm³/mol. The molecule has 5 heteroatoms. The smallest absolute Gasteiger partial charge is 0.287 e. The molecule has 0 spiro atoms. The van der Waals surface area contributed by atoms with Crippen molar-refractivity contribution in [3.05, 3.63) is 42.2 Å². The SMILES string of the molecule is O=C(N[C@@H]1C[C@H]2CC[C@@H]1N2)c1ccc(-c2ccccc2N2CCCC2)o1. The van der Waals surface area contributed by atoms with E-state index in [2.05, 4.69) is 33.7 Å². The standard InChI is InChI=1S/C21H25N3O2/c25-21(23-17-13-14-7-8-16(17)22-14)20-10-9-19(26-20)15-5-1-2-6-18(15)24-11-3-4-12-24/h1-2,5-6,9-10,14,16-17,22H,3-4,7-8,11-13H2,(H,23,25)/t14-,16+,17-/m1/s1. The number of nitrogens with one attached hydrogen (secondary N) is 2. The molecule has 1 aromatic heterocycles. The average molecular weight is 351 g/mol. The third-order valence-electron chi connectivity index (χ3n) is 6.06. The molecule has 5 nitrogen and oxygen atoms in total. The molecule has 3 saturated heterocycles. The van der Waals surface area contributed by atoms with Gasteiger partial charge in [-0.05, 0) is 56.4 Å². The molecular formula is C21H25N3O2. The monoisotopic (exact) mass is 351 g/mol. The molecule has 2 bridgehead atoms. The van der Waals surface area contributed by atoms with E-state index in [4.69, 9.17) is 4.42 Å². The van der Waals surface area contributed by atoms with Gasteiger partial charge in [0, 0.05) is 42.5 Å². The van der Waals surface area contributed by atoms with Crippen LogP contribution in [0.3, 0.4) is 0 Å². The minimum absolute atomic E-state index is 0.103. The van der Waals surface area contributed by atoms with E-state index in [-0.39, 0.29) is 11.9 Å². The quantitative estimate of drug-likeness (QED) is 0.888. The third-order valence-corrected chi connectivity index (χ3v) is 6.06. The molecule has 1 amide bonds. The summed E-state index contributed by atoms with van der Waals surface area (Å²) in [4.78, 5) is 15.0. The lowest BCUT2D eigenvalue weighted by molar-refractivity contribution is 0.0903. The van der Waals surface area contributed by atoms with Crippen molar-refractivity contribution in [2.45, 2.75) is 50.2 Å². The van der Waals surface area contributed by atoms with Gasteiger partial charge in [-0.3, -0.25) is 4.79 Å².